The zero-order valence-corrected chi connectivity index (χ0v) is 27.9. The summed E-state index contributed by atoms with van der Waals surface area (Å²) in [6, 6.07) is 16.0. The van der Waals surface area contributed by atoms with Crippen molar-refractivity contribution >= 4 is 57.1 Å². The van der Waals surface area contributed by atoms with E-state index in [-0.39, 0.29) is 27.9 Å². The Labute approximate surface area is 286 Å². The summed E-state index contributed by atoms with van der Waals surface area (Å²) in [6.07, 6.45) is 6.73. The number of carboxylic acids is 1. The van der Waals surface area contributed by atoms with Crippen molar-refractivity contribution in [1.29, 1.82) is 0 Å². The zero-order valence-electron chi connectivity index (χ0n) is 27.1. The van der Waals surface area contributed by atoms with Crippen LogP contribution in [0.4, 0.5) is 5.69 Å². The van der Waals surface area contributed by atoms with Crippen molar-refractivity contribution < 1.29 is 29.0 Å². The minimum absolute atomic E-state index is 0.178. The maximum absolute atomic E-state index is 12.7. The van der Waals surface area contributed by atoms with Gasteiger partial charge in [0.15, 0.2) is 17.1 Å². The first-order chi connectivity index (χ1) is 23.5. The van der Waals surface area contributed by atoms with Crippen LogP contribution in [0.15, 0.2) is 79.5 Å². The summed E-state index contributed by atoms with van der Waals surface area (Å²) in [5, 5.41) is 15.5. The van der Waals surface area contributed by atoms with Crippen molar-refractivity contribution in [3.8, 4) is 11.5 Å². The van der Waals surface area contributed by atoms with Gasteiger partial charge in [0.25, 0.3) is 11.8 Å². The highest BCUT2D eigenvalue weighted by atomic mass is 35.5. The number of H-pyrrole nitrogens is 2. The number of rotatable bonds is 10. The number of benzene rings is 2. The third kappa shape index (κ3) is 8.14. The van der Waals surface area contributed by atoms with Gasteiger partial charge in [-0.3, -0.25) is 9.59 Å². The number of imidazole rings is 1. The molecule has 0 aliphatic carbocycles. The predicted octanol–water partition coefficient (Wildman–Crippen LogP) is 6.24. The number of aromatic amines is 2. The first-order valence-corrected chi connectivity index (χ1v) is 15.4. The average molecular weight is 684 g/mol. The van der Waals surface area contributed by atoms with E-state index in [1.54, 1.807) is 37.7 Å². The predicted molar refractivity (Wildman–Crippen MR) is 186 cm³/mol. The number of carbonyl (C=O) groups is 3. The van der Waals surface area contributed by atoms with E-state index in [0.717, 1.165) is 17.5 Å². The number of carbonyl (C=O) groups excluding carboxylic acids is 2. The van der Waals surface area contributed by atoms with E-state index < -0.39 is 5.97 Å². The Bertz CT molecular complexity index is 2120. The average Bonchev–Trinajstić information content (AvgIpc) is 3.75. The quantitative estimate of drug-likeness (QED) is 0.104. The van der Waals surface area contributed by atoms with Gasteiger partial charge in [-0.25, -0.2) is 19.7 Å². The van der Waals surface area contributed by atoms with Crippen molar-refractivity contribution in [2.45, 2.75) is 25.7 Å². The highest BCUT2D eigenvalue weighted by Crippen LogP contribution is 2.30. The van der Waals surface area contributed by atoms with Crippen molar-refractivity contribution in [2.75, 3.05) is 26.1 Å². The molecule has 14 heteroatoms. The van der Waals surface area contributed by atoms with Crippen LogP contribution in [0.5, 0.6) is 11.5 Å². The molecule has 0 saturated heterocycles. The lowest BCUT2D eigenvalue weighted by molar-refractivity contribution is 0.0698. The number of carboxylic acid groups (broad SMARTS) is 1. The SMILES string of the molecule is COc1ccc(C(=O)Nc2ccc(C(C)(C)CCNC(=O)c3cnc4nc[nH]c4c3)cc2)cc1OC.O=C(O)c1c[nH]c2cnc(Cl)cc12. The summed E-state index contributed by atoms with van der Waals surface area (Å²) >= 11 is 5.63. The number of amides is 2. The molecule has 2 amide bonds. The number of aromatic carboxylic acids is 1. The number of nitrogens with one attached hydrogen (secondary N) is 4. The van der Waals surface area contributed by atoms with Gasteiger partial charge in [-0.05, 0) is 59.9 Å². The number of nitrogens with zero attached hydrogens (tertiary/aromatic N) is 3. The smallest absolute Gasteiger partial charge is 0.337 e. The van der Waals surface area contributed by atoms with Crippen LogP contribution in [0.3, 0.4) is 0 Å². The summed E-state index contributed by atoms with van der Waals surface area (Å²) in [7, 11) is 3.08. The Balaban J connectivity index is 0.000000299. The molecule has 0 fully saturated rings. The highest BCUT2D eigenvalue weighted by Gasteiger charge is 2.21. The largest absolute Gasteiger partial charge is 0.493 e. The van der Waals surface area contributed by atoms with Gasteiger partial charge in [0.1, 0.15) is 5.15 Å². The molecule has 0 atom stereocenters. The molecule has 0 radical (unpaired) electrons. The van der Waals surface area contributed by atoms with Gasteiger partial charge in [0.05, 0.1) is 48.9 Å². The van der Waals surface area contributed by atoms with Gasteiger partial charge in [-0.1, -0.05) is 37.6 Å². The van der Waals surface area contributed by atoms with E-state index in [9.17, 15) is 14.4 Å². The number of hydrogen-bond donors (Lipinski definition) is 5. The van der Waals surface area contributed by atoms with Crippen LogP contribution in [0.1, 0.15) is 56.9 Å². The van der Waals surface area contributed by atoms with Crippen molar-refractivity contribution in [3.63, 3.8) is 0 Å². The van der Waals surface area contributed by atoms with Gasteiger partial charge in [-0.15, -0.1) is 0 Å². The van der Waals surface area contributed by atoms with Crippen LogP contribution < -0.4 is 20.1 Å². The fraction of sp³-hybridized carbons (Fsp3) is 0.200. The number of pyridine rings is 2. The molecule has 2 aromatic carbocycles. The molecule has 4 heterocycles. The lowest BCUT2D eigenvalue weighted by Gasteiger charge is -2.25. The number of ether oxygens (including phenoxy) is 2. The minimum Gasteiger partial charge on any atom is -0.493 e. The number of methoxy groups -OCH3 is 2. The molecule has 6 rings (SSSR count). The second-order valence-electron chi connectivity index (χ2n) is 11.5. The fourth-order valence-corrected chi connectivity index (χ4v) is 5.20. The Kier molecular flexibility index (Phi) is 10.4. The van der Waals surface area contributed by atoms with Gasteiger partial charge in [-0.2, -0.15) is 0 Å². The lowest BCUT2D eigenvalue weighted by atomic mass is 9.81. The Morgan fingerprint density at radius 2 is 1.61 bits per heavy atom. The van der Waals surface area contributed by atoms with Crippen molar-refractivity contribution in [2.24, 2.45) is 0 Å². The van der Waals surface area contributed by atoms with Crippen LogP contribution in [0.2, 0.25) is 5.15 Å². The first kappa shape index (κ1) is 34.4. The Morgan fingerprint density at radius 1 is 0.857 bits per heavy atom. The molecular weight excluding hydrogens is 650 g/mol. The molecule has 6 aromatic rings. The van der Waals surface area contributed by atoms with Crippen LogP contribution in [0.25, 0.3) is 22.1 Å². The fourth-order valence-electron chi connectivity index (χ4n) is 5.05. The van der Waals surface area contributed by atoms with E-state index in [4.69, 9.17) is 26.2 Å². The molecule has 0 bridgehead atoms. The summed E-state index contributed by atoms with van der Waals surface area (Å²) in [6.45, 7) is 4.74. The van der Waals surface area contributed by atoms with Gasteiger partial charge >= 0.3 is 5.97 Å². The zero-order chi connectivity index (χ0) is 35.1. The molecule has 0 spiro atoms. The van der Waals surface area contributed by atoms with E-state index in [0.29, 0.717) is 51.4 Å². The molecule has 0 aliphatic rings. The monoisotopic (exact) mass is 683 g/mol. The summed E-state index contributed by atoms with van der Waals surface area (Å²) in [5.41, 5.74) is 4.73. The van der Waals surface area contributed by atoms with Gasteiger partial charge < -0.3 is 35.2 Å². The molecule has 0 unspecified atom stereocenters. The molecular formula is C35H34ClN7O6. The summed E-state index contributed by atoms with van der Waals surface area (Å²) in [5.74, 6) is -0.343. The number of fused-ring (bicyclic) bond motifs is 2. The summed E-state index contributed by atoms with van der Waals surface area (Å²) in [4.78, 5) is 53.8. The normalized spacial score (nSPS) is 11.0. The highest BCUT2D eigenvalue weighted by molar-refractivity contribution is 6.30. The van der Waals surface area contributed by atoms with Crippen LogP contribution in [-0.2, 0) is 5.41 Å². The number of halogens is 1. The molecule has 0 aliphatic heterocycles. The molecule has 49 heavy (non-hydrogen) atoms. The van der Waals surface area contributed by atoms with E-state index in [1.165, 1.54) is 31.8 Å². The molecule has 13 nitrogen and oxygen atoms in total. The standard InChI is InChI=1S/C27H29N5O4.C8H5ClN2O2/c1-27(2,11-12-28-25(33)18-13-21-24(29-15-18)31-16-30-21)19-6-8-20(9-7-19)32-26(34)17-5-10-22(35-3)23(14-17)36-4;9-7-1-4-5(8(12)13)2-10-6(4)3-11-7/h5-10,13-16H,11-12H2,1-4H3,(H,28,33)(H,32,34)(H,29,30,31);1-3,10H,(H,12,13). The maximum Gasteiger partial charge on any atom is 0.337 e. The van der Waals surface area contributed by atoms with Crippen molar-refractivity contribution in [3.05, 3.63) is 107 Å². The number of aromatic nitrogens is 5. The Morgan fingerprint density at radius 3 is 2.33 bits per heavy atom. The third-order valence-electron chi connectivity index (χ3n) is 7.90. The number of hydrogen-bond acceptors (Lipinski definition) is 8. The van der Waals surface area contributed by atoms with E-state index >= 15 is 0 Å². The maximum atomic E-state index is 12.7. The molecule has 5 N–H and O–H groups in total. The topological polar surface area (TPSA) is 184 Å². The van der Waals surface area contributed by atoms with E-state index in [2.05, 4.69) is 49.4 Å². The van der Waals surface area contributed by atoms with Gasteiger partial charge in [0, 0.05) is 35.6 Å². The Hall–Kier alpha value is -5.95. The minimum atomic E-state index is -0.978. The first-order valence-electron chi connectivity index (χ1n) is 15.1. The summed E-state index contributed by atoms with van der Waals surface area (Å²) < 4.78 is 10.5. The molecule has 0 saturated carbocycles. The molecule has 4 aromatic heterocycles. The van der Waals surface area contributed by atoms with Crippen molar-refractivity contribution in [1.82, 2.24) is 30.2 Å². The number of anilines is 1. The van der Waals surface area contributed by atoms with Crippen LogP contribution in [0, 0.1) is 0 Å². The van der Waals surface area contributed by atoms with Crippen LogP contribution in [-0.4, -0.2) is 68.6 Å². The lowest BCUT2D eigenvalue weighted by Crippen LogP contribution is -2.30. The van der Waals surface area contributed by atoms with Crippen LogP contribution >= 0.6 is 11.6 Å². The van der Waals surface area contributed by atoms with E-state index in [1.807, 2.05) is 24.3 Å². The van der Waals surface area contributed by atoms with Gasteiger partial charge in [0.2, 0.25) is 0 Å². The molecule has 252 valence electrons. The third-order valence-corrected chi connectivity index (χ3v) is 8.11. The second kappa shape index (κ2) is 14.9. The second-order valence-corrected chi connectivity index (χ2v) is 11.9.